The van der Waals surface area contributed by atoms with Crippen molar-refractivity contribution < 1.29 is 9.21 Å². The summed E-state index contributed by atoms with van der Waals surface area (Å²) in [5.41, 5.74) is 1.19. The van der Waals surface area contributed by atoms with Gasteiger partial charge in [-0.2, -0.15) is 4.68 Å². The maximum absolute atomic E-state index is 12.9. The van der Waals surface area contributed by atoms with Crippen molar-refractivity contribution in [3.63, 3.8) is 0 Å². The second-order valence-corrected chi connectivity index (χ2v) is 6.56. The van der Waals surface area contributed by atoms with Crippen molar-refractivity contribution in [3.05, 3.63) is 59.8 Å². The molecule has 7 nitrogen and oxygen atoms in total. The molecule has 0 N–H and O–H groups in total. The van der Waals surface area contributed by atoms with Crippen LogP contribution in [0.2, 0.25) is 0 Å². The van der Waals surface area contributed by atoms with Gasteiger partial charge < -0.3 is 9.32 Å². The average Bonchev–Trinajstić information content (AvgIpc) is 3.05. The Bertz CT molecular complexity index is 887. The average molecular weight is 337 g/mol. The lowest BCUT2D eigenvalue weighted by atomic mass is 10.1. The largest absolute Gasteiger partial charge is 0.464 e. The van der Waals surface area contributed by atoms with Crippen molar-refractivity contribution >= 4 is 5.91 Å². The summed E-state index contributed by atoms with van der Waals surface area (Å²) in [6.07, 6.45) is 2.66. The number of hydrogen-bond donors (Lipinski definition) is 0. The minimum absolute atomic E-state index is 0.108. The van der Waals surface area contributed by atoms with E-state index >= 15 is 0 Å². The molecule has 0 saturated heterocycles. The number of furan rings is 1. The predicted octanol–water partition coefficient (Wildman–Crippen LogP) is 2.65. The Morgan fingerprint density at radius 3 is 2.84 bits per heavy atom. The second-order valence-electron chi connectivity index (χ2n) is 6.56. The molecule has 1 aliphatic carbocycles. The number of rotatable bonds is 5. The Morgan fingerprint density at radius 1 is 1.32 bits per heavy atom. The van der Waals surface area contributed by atoms with Crippen LogP contribution in [-0.4, -0.2) is 38.1 Å². The Balaban J connectivity index is 1.52. The van der Waals surface area contributed by atoms with Gasteiger partial charge >= 0.3 is 0 Å². The first-order chi connectivity index (χ1) is 12.1. The molecule has 128 valence electrons. The van der Waals surface area contributed by atoms with Crippen molar-refractivity contribution in [1.29, 1.82) is 0 Å². The summed E-state index contributed by atoms with van der Waals surface area (Å²) in [5.74, 6) is 2.95. The summed E-state index contributed by atoms with van der Waals surface area (Å²) in [4.78, 5) is 14.5. The minimum Gasteiger partial charge on any atom is -0.464 e. The van der Waals surface area contributed by atoms with Crippen molar-refractivity contribution in [2.75, 3.05) is 7.05 Å². The molecule has 3 aromatic rings. The zero-order chi connectivity index (χ0) is 17.4. The molecular formula is C18H19N5O2. The van der Waals surface area contributed by atoms with E-state index in [1.807, 2.05) is 30.3 Å². The lowest BCUT2D eigenvalue weighted by Crippen LogP contribution is -2.27. The van der Waals surface area contributed by atoms with Gasteiger partial charge in [-0.1, -0.05) is 19.1 Å². The fourth-order valence-electron chi connectivity index (χ4n) is 3.03. The smallest absolute Gasteiger partial charge is 0.256 e. The van der Waals surface area contributed by atoms with Crippen LogP contribution < -0.4 is 0 Å². The van der Waals surface area contributed by atoms with Gasteiger partial charge in [-0.25, -0.2) is 0 Å². The van der Waals surface area contributed by atoms with Crippen LogP contribution in [0.5, 0.6) is 0 Å². The van der Waals surface area contributed by atoms with Crippen LogP contribution in [0.4, 0.5) is 0 Å². The van der Waals surface area contributed by atoms with E-state index in [9.17, 15) is 4.79 Å². The van der Waals surface area contributed by atoms with Gasteiger partial charge in [0, 0.05) is 13.0 Å². The number of aromatic nitrogens is 4. The molecule has 25 heavy (non-hydrogen) atoms. The highest BCUT2D eigenvalue weighted by molar-refractivity contribution is 5.97. The molecule has 1 saturated carbocycles. The van der Waals surface area contributed by atoms with Crippen molar-refractivity contribution in [2.45, 2.75) is 25.8 Å². The summed E-state index contributed by atoms with van der Waals surface area (Å²) in [6.45, 7) is 2.64. The molecule has 4 rings (SSSR count). The Hall–Kier alpha value is -2.96. The second kappa shape index (κ2) is 6.16. The lowest BCUT2D eigenvalue weighted by Gasteiger charge is -2.17. The zero-order valence-corrected chi connectivity index (χ0v) is 14.2. The predicted molar refractivity (Wildman–Crippen MR) is 90.2 cm³/mol. The quantitative estimate of drug-likeness (QED) is 0.715. The van der Waals surface area contributed by atoms with E-state index in [2.05, 4.69) is 22.4 Å². The van der Waals surface area contributed by atoms with Gasteiger partial charge in [-0.15, -0.1) is 5.10 Å². The number of amides is 1. The van der Waals surface area contributed by atoms with Crippen LogP contribution in [-0.2, 0) is 6.54 Å². The summed E-state index contributed by atoms with van der Waals surface area (Å²) >= 11 is 0. The third-order valence-corrected chi connectivity index (χ3v) is 4.63. The number of benzene rings is 1. The van der Waals surface area contributed by atoms with E-state index in [0.717, 1.165) is 11.5 Å². The molecule has 0 aliphatic heterocycles. The molecule has 0 spiro atoms. The molecule has 1 fully saturated rings. The first-order valence-corrected chi connectivity index (χ1v) is 8.30. The summed E-state index contributed by atoms with van der Waals surface area (Å²) in [6, 6.07) is 11.2. The number of para-hydroxylation sites is 1. The zero-order valence-electron chi connectivity index (χ0n) is 14.2. The third kappa shape index (κ3) is 3.05. The molecule has 0 radical (unpaired) electrons. The number of hydrogen-bond acceptors (Lipinski definition) is 5. The molecule has 0 unspecified atom stereocenters. The van der Waals surface area contributed by atoms with Gasteiger partial charge in [-0.05, 0) is 47.0 Å². The Kier molecular flexibility index (Phi) is 3.83. The first kappa shape index (κ1) is 15.6. The third-order valence-electron chi connectivity index (χ3n) is 4.63. The van der Waals surface area contributed by atoms with Crippen LogP contribution in [0, 0.1) is 5.92 Å². The van der Waals surface area contributed by atoms with E-state index in [1.54, 1.807) is 18.0 Å². The van der Waals surface area contributed by atoms with E-state index in [4.69, 9.17) is 4.42 Å². The van der Waals surface area contributed by atoms with E-state index in [-0.39, 0.29) is 5.91 Å². The van der Waals surface area contributed by atoms with Gasteiger partial charge in [0.2, 0.25) is 0 Å². The van der Waals surface area contributed by atoms with Gasteiger partial charge in [0.05, 0.1) is 17.8 Å². The van der Waals surface area contributed by atoms with Crippen LogP contribution in [0.25, 0.3) is 5.69 Å². The minimum atomic E-state index is -0.108. The fourth-order valence-corrected chi connectivity index (χ4v) is 3.03. The lowest BCUT2D eigenvalue weighted by molar-refractivity contribution is 0.0774. The highest BCUT2D eigenvalue weighted by atomic mass is 16.3. The highest BCUT2D eigenvalue weighted by Crippen LogP contribution is 2.47. The highest BCUT2D eigenvalue weighted by Gasteiger charge is 2.36. The van der Waals surface area contributed by atoms with Gasteiger partial charge in [0.1, 0.15) is 17.8 Å². The van der Waals surface area contributed by atoms with E-state index in [1.165, 1.54) is 17.4 Å². The summed E-state index contributed by atoms with van der Waals surface area (Å²) in [7, 11) is 1.76. The van der Waals surface area contributed by atoms with E-state index in [0.29, 0.717) is 29.6 Å². The van der Waals surface area contributed by atoms with Crippen molar-refractivity contribution in [2.24, 2.45) is 5.92 Å². The van der Waals surface area contributed by atoms with Crippen molar-refractivity contribution in [1.82, 2.24) is 25.1 Å². The molecule has 1 amide bonds. The van der Waals surface area contributed by atoms with Crippen LogP contribution >= 0.6 is 0 Å². The molecule has 1 aliphatic rings. The maximum Gasteiger partial charge on any atom is 0.256 e. The SMILES string of the molecule is C[C@H]1C[C@H]1c1ccc(CN(C)C(=O)c2ccccc2-n2cnnn2)o1. The van der Waals surface area contributed by atoms with Gasteiger partial charge in [0.25, 0.3) is 5.91 Å². The molecule has 7 heteroatoms. The van der Waals surface area contributed by atoms with Crippen LogP contribution in [0.15, 0.2) is 47.1 Å². The normalized spacial score (nSPS) is 19.0. The summed E-state index contributed by atoms with van der Waals surface area (Å²) < 4.78 is 7.39. The molecule has 2 atom stereocenters. The molecule has 0 bridgehead atoms. The standard InChI is InChI=1S/C18H19N5O2/c1-12-9-15(12)17-8-7-13(25-17)10-22(2)18(24)14-5-3-4-6-16(14)23-11-19-20-21-23/h3-8,11-12,15H,9-10H2,1-2H3/t12-,15+/m0/s1. The molecule has 2 aromatic heterocycles. The van der Waals surface area contributed by atoms with Crippen molar-refractivity contribution in [3.8, 4) is 5.69 Å². The molecular weight excluding hydrogens is 318 g/mol. The summed E-state index contributed by atoms with van der Waals surface area (Å²) in [5, 5.41) is 11.1. The number of nitrogens with zero attached hydrogens (tertiary/aromatic N) is 5. The number of tetrazole rings is 1. The van der Waals surface area contributed by atoms with Gasteiger partial charge in [-0.3, -0.25) is 4.79 Å². The Labute approximate surface area is 145 Å². The Morgan fingerprint density at radius 2 is 2.12 bits per heavy atom. The van der Waals surface area contributed by atoms with Crippen LogP contribution in [0.1, 0.15) is 41.1 Å². The van der Waals surface area contributed by atoms with E-state index < -0.39 is 0 Å². The monoisotopic (exact) mass is 337 g/mol. The number of carbonyl (C=O) groups is 1. The fraction of sp³-hybridized carbons (Fsp3) is 0.333. The number of carbonyl (C=O) groups excluding carboxylic acids is 1. The first-order valence-electron chi connectivity index (χ1n) is 8.30. The molecule has 2 heterocycles. The maximum atomic E-state index is 12.9. The topological polar surface area (TPSA) is 77.1 Å². The molecule has 1 aromatic carbocycles. The van der Waals surface area contributed by atoms with Crippen LogP contribution in [0.3, 0.4) is 0 Å². The van der Waals surface area contributed by atoms with Gasteiger partial charge in [0.15, 0.2) is 0 Å².